The van der Waals surface area contributed by atoms with E-state index in [1.54, 1.807) is 72.8 Å². The van der Waals surface area contributed by atoms with Gasteiger partial charge >= 0.3 is 0 Å². The zero-order valence-corrected chi connectivity index (χ0v) is 16.8. The Hall–Kier alpha value is -4.75. The number of nitriles is 2. The molecular formula is C25H18N4O3. The molecule has 0 radical (unpaired) electrons. The van der Waals surface area contributed by atoms with Crippen LogP contribution in [0.3, 0.4) is 0 Å². The van der Waals surface area contributed by atoms with Crippen molar-refractivity contribution < 1.29 is 14.7 Å². The number of para-hydroxylation sites is 1. The Morgan fingerprint density at radius 3 is 1.81 bits per heavy atom. The van der Waals surface area contributed by atoms with Crippen LogP contribution in [0.25, 0.3) is 0 Å². The standard InChI is InChI=1S/C25H18N4O3/c26-15-20(17-9-3-1-4-10-17)23(24(31)21(16-27)18-11-5-2-6-12-18)28-29-25(32)19-13-7-8-14-22(19)30/h1-14,20-21,30H,(H,29,32)/b28-23+/t20-,21-/m0/s1. The lowest BCUT2D eigenvalue weighted by Gasteiger charge is -2.15. The number of phenols is 1. The Morgan fingerprint density at radius 1 is 0.781 bits per heavy atom. The monoisotopic (exact) mass is 422 g/mol. The summed E-state index contributed by atoms with van der Waals surface area (Å²) in [5.74, 6) is -4.05. The summed E-state index contributed by atoms with van der Waals surface area (Å²) in [5.41, 5.74) is 2.86. The van der Waals surface area contributed by atoms with Crippen molar-refractivity contribution in [1.29, 1.82) is 10.5 Å². The number of carbonyl (C=O) groups excluding carboxylic acids is 2. The van der Waals surface area contributed by atoms with Gasteiger partial charge in [-0.15, -0.1) is 0 Å². The molecule has 0 aromatic heterocycles. The first kappa shape index (κ1) is 21.9. The number of ketones is 1. The molecule has 7 nitrogen and oxygen atoms in total. The normalized spacial score (nSPS) is 12.6. The molecule has 0 aliphatic carbocycles. The number of phenolic OH excluding ortho intramolecular Hbond substituents is 1. The first-order valence-corrected chi connectivity index (χ1v) is 9.66. The molecule has 0 aliphatic heterocycles. The molecular weight excluding hydrogens is 404 g/mol. The number of rotatable bonds is 7. The third-order valence-electron chi connectivity index (χ3n) is 4.74. The van der Waals surface area contributed by atoms with E-state index >= 15 is 0 Å². The number of amides is 1. The average Bonchev–Trinajstić information content (AvgIpc) is 2.83. The molecule has 3 aromatic carbocycles. The maximum absolute atomic E-state index is 13.4. The van der Waals surface area contributed by atoms with Gasteiger partial charge in [0.25, 0.3) is 5.91 Å². The summed E-state index contributed by atoms with van der Waals surface area (Å²) in [7, 11) is 0. The van der Waals surface area contributed by atoms with Crippen molar-refractivity contribution in [2.45, 2.75) is 11.8 Å². The predicted octanol–water partition coefficient (Wildman–Crippen LogP) is 3.66. The van der Waals surface area contributed by atoms with Gasteiger partial charge < -0.3 is 5.11 Å². The Bertz CT molecular complexity index is 1230. The van der Waals surface area contributed by atoms with Gasteiger partial charge in [0.2, 0.25) is 5.78 Å². The smallest absolute Gasteiger partial charge is 0.275 e. The zero-order valence-electron chi connectivity index (χ0n) is 16.8. The van der Waals surface area contributed by atoms with Crippen molar-refractivity contribution in [3.05, 3.63) is 102 Å². The Kier molecular flexibility index (Phi) is 7.09. The Balaban J connectivity index is 2.03. The summed E-state index contributed by atoms with van der Waals surface area (Å²) >= 11 is 0. The van der Waals surface area contributed by atoms with Crippen LogP contribution in [0, 0.1) is 22.7 Å². The minimum absolute atomic E-state index is 0.0452. The first-order chi connectivity index (χ1) is 15.6. The topological polar surface area (TPSA) is 126 Å². The van der Waals surface area contributed by atoms with Gasteiger partial charge in [-0.3, -0.25) is 9.59 Å². The van der Waals surface area contributed by atoms with Crippen molar-refractivity contribution in [1.82, 2.24) is 5.43 Å². The van der Waals surface area contributed by atoms with Crippen LogP contribution in [0.4, 0.5) is 0 Å². The summed E-state index contributed by atoms with van der Waals surface area (Å²) < 4.78 is 0. The molecule has 0 fully saturated rings. The van der Waals surface area contributed by atoms with Crippen molar-refractivity contribution in [3.63, 3.8) is 0 Å². The van der Waals surface area contributed by atoms with Gasteiger partial charge in [-0.1, -0.05) is 72.8 Å². The third kappa shape index (κ3) is 4.86. The molecule has 7 heteroatoms. The van der Waals surface area contributed by atoms with Gasteiger partial charge in [-0.05, 0) is 23.3 Å². The maximum Gasteiger partial charge on any atom is 0.275 e. The highest BCUT2D eigenvalue weighted by molar-refractivity contribution is 6.45. The van der Waals surface area contributed by atoms with E-state index in [1.807, 2.05) is 12.1 Å². The quantitative estimate of drug-likeness (QED) is 0.444. The predicted molar refractivity (Wildman–Crippen MR) is 118 cm³/mol. The number of aromatic hydroxyl groups is 1. The molecule has 0 unspecified atom stereocenters. The molecule has 0 bridgehead atoms. The van der Waals surface area contributed by atoms with E-state index in [1.165, 1.54) is 12.1 Å². The lowest BCUT2D eigenvalue weighted by molar-refractivity contribution is -0.113. The van der Waals surface area contributed by atoms with Crippen molar-refractivity contribution in [2.75, 3.05) is 0 Å². The first-order valence-electron chi connectivity index (χ1n) is 9.66. The van der Waals surface area contributed by atoms with Crippen molar-refractivity contribution >= 4 is 17.4 Å². The second kappa shape index (κ2) is 10.3. The van der Waals surface area contributed by atoms with E-state index in [0.29, 0.717) is 11.1 Å². The number of carbonyl (C=O) groups is 2. The highest BCUT2D eigenvalue weighted by atomic mass is 16.3. The van der Waals surface area contributed by atoms with Crippen LogP contribution in [0.1, 0.15) is 33.3 Å². The number of hydrogen-bond donors (Lipinski definition) is 2. The molecule has 0 aliphatic rings. The van der Waals surface area contributed by atoms with E-state index in [0.717, 1.165) is 0 Å². The molecule has 0 heterocycles. The molecule has 2 N–H and O–H groups in total. The Labute approximate surface area is 184 Å². The zero-order chi connectivity index (χ0) is 22.9. The molecule has 1 amide bonds. The molecule has 3 rings (SSSR count). The highest BCUT2D eigenvalue weighted by Crippen LogP contribution is 2.24. The number of nitrogens with one attached hydrogen (secondary N) is 1. The largest absolute Gasteiger partial charge is 0.507 e. The van der Waals surface area contributed by atoms with Crippen LogP contribution in [0.5, 0.6) is 5.75 Å². The number of nitrogens with zero attached hydrogens (tertiary/aromatic N) is 3. The van der Waals surface area contributed by atoms with E-state index < -0.39 is 23.5 Å². The van der Waals surface area contributed by atoms with Gasteiger partial charge in [0.05, 0.1) is 17.7 Å². The van der Waals surface area contributed by atoms with E-state index in [4.69, 9.17) is 0 Å². The second-order valence-electron chi connectivity index (χ2n) is 6.76. The number of hydrogen-bond acceptors (Lipinski definition) is 6. The highest BCUT2D eigenvalue weighted by Gasteiger charge is 2.32. The van der Waals surface area contributed by atoms with Crippen molar-refractivity contribution in [3.8, 4) is 17.9 Å². The van der Waals surface area contributed by atoms with Gasteiger partial charge in [0.15, 0.2) is 0 Å². The Morgan fingerprint density at radius 2 is 1.28 bits per heavy atom. The number of hydrazone groups is 1. The lowest BCUT2D eigenvalue weighted by atomic mass is 9.86. The average molecular weight is 422 g/mol. The molecule has 0 saturated carbocycles. The van der Waals surface area contributed by atoms with E-state index in [2.05, 4.69) is 10.5 Å². The number of benzene rings is 3. The summed E-state index contributed by atoms with van der Waals surface area (Å²) in [6.45, 7) is 0. The van der Waals surface area contributed by atoms with Crippen LogP contribution < -0.4 is 5.43 Å². The summed E-state index contributed by atoms with van der Waals surface area (Å²) in [6, 6.07) is 26.8. The molecule has 0 saturated heterocycles. The summed E-state index contributed by atoms with van der Waals surface area (Å²) in [6.07, 6.45) is 0. The fourth-order valence-electron chi connectivity index (χ4n) is 3.12. The van der Waals surface area contributed by atoms with Crippen LogP contribution >= 0.6 is 0 Å². The van der Waals surface area contributed by atoms with Gasteiger partial charge in [0.1, 0.15) is 23.3 Å². The second-order valence-corrected chi connectivity index (χ2v) is 6.76. The van der Waals surface area contributed by atoms with Crippen molar-refractivity contribution in [2.24, 2.45) is 5.10 Å². The molecule has 32 heavy (non-hydrogen) atoms. The van der Waals surface area contributed by atoms with Gasteiger partial charge in [-0.2, -0.15) is 15.6 Å². The van der Waals surface area contributed by atoms with Crippen LogP contribution in [-0.4, -0.2) is 22.5 Å². The van der Waals surface area contributed by atoms with Gasteiger partial charge in [-0.25, -0.2) is 5.43 Å². The summed E-state index contributed by atoms with van der Waals surface area (Å²) in [5, 5.41) is 33.4. The minimum atomic E-state index is -1.21. The molecule has 2 atom stereocenters. The molecule has 3 aromatic rings. The summed E-state index contributed by atoms with van der Waals surface area (Å²) in [4.78, 5) is 25.9. The maximum atomic E-state index is 13.4. The lowest BCUT2D eigenvalue weighted by Crippen LogP contribution is -2.30. The van der Waals surface area contributed by atoms with Gasteiger partial charge in [0, 0.05) is 0 Å². The molecule has 156 valence electrons. The van der Waals surface area contributed by atoms with Crippen LogP contribution in [0.15, 0.2) is 90.0 Å². The fourth-order valence-corrected chi connectivity index (χ4v) is 3.12. The molecule has 0 spiro atoms. The van der Waals surface area contributed by atoms with Crippen LogP contribution in [-0.2, 0) is 4.79 Å². The van der Waals surface area contributed by atoms with E-state index in [-0.39, 0.29) is 17.0 Å². The van der Waals surface area contributed by atoms with Crippen LogP contribution in [0.2, 0.25) is 0 Å². The minimum Gasteiger partial charge on any atom is -0.507 e. The number of Topliss-reactive ketones (excluding diaryl/α,β-unsaturated/α-hetero) is 1. The van der Waals surface area contributed by atoms with E-state index in [9.17, 15) is 25.2 Å². The SMILES string of the molecule is N#C[C@H](C(=O)/C(=N/NC(=O)c1ccccc1O)[C@@H](C#N)c1ccccc1)c1ccccc1. The third-order valence-corrected chi connectivity index (χ3v) is 4.74. The fraction of sp³-hybridized carbons (Fsp3) is 0.0800.